The van der Waals surface area contributed by atoms with Gasteiger partial charge in [-0.05, 0) is 34.1 Å². The lowest BCUT2D eigenvalue weighted by atomic mass is 10.2. The summed E-state index contributed by atoms with van der Waals surface area (Å²) in [4.78, 5) is 22.7. The topological polar surface area (TPSA) is 84.2 Å². The third kappa shape index (κ3) is 4.07. The lowest BCUT2D eigenvalue weighted by Crippen LogP contribution is -2.29. The van der Waals surface area contributed by atoms with Gasteiger partial charge in [-0.2, -0.15) is 0 Å². The monoisotopic (exact) mass is 299 g/mol. The number of anilines is 1. The van der Waals surface area contributed by atoms with E-state index in [2.05, 4.69) is 26.6 Å². The number of nitrogen functional groups attached to an aromatic ring is 1. The molecule has 0 aliphatic rings. The zero-order chi connectivity index (χ0) is 12.8. The second-order valence-electron chi connectivity index (χ2n) is 3.42. The number of hydrogen-bond donors (Lipinski definition) is 3. The highest BCUT2D eigenvalue weighted by Gasteiger charge is 2.10. The second kappa shape index (κ2) is 6.24. The molecule has 0 atom stereocenters. The molecule has 0 saturated heterocycles. The Labute approximate surface area is 108 Å². The van der Waals surface area contributed by atoms with Crippen molar-refractivity contribution in [1.29, 1.82) is 0 Å². The molecule has 0 spiro atoms. The van der Waals surface area contributed by atoms with Crippen LogP contribution in [0.4, 0.5) is 5.69 Å². The normalized spacial score (nSPS) is 9.76. The predicted molar refractivity (Wildman–Crippen MR) is 69.6 cm³/mol. The quantitative estimate of drug-likeness (QED) is 0.722. The molecule has 4 N–H and O–H groups in total. The standard InChI is InChI=1S/C11H14BrN3O2/c1-14-10(16)4-5-15-11(17)8-6-7(13)2-3-9(8)12/h2-3,6H,4-5,13H2,1H3,(H,14,16)(H,15,17). The van der Waals surface area contributed by atoms with E-state index >= 15 is 0 Å². The van der Waals surface area contributed by atoms with Crippen molar-refractivity contribution in [2.45, 2.75) is 6.42 Å². The second-order valence-corrected chi connectivity index (χ2v) is 4.27. The molecule has 1 rings (SSSR count). The van der Waals surface area contributed by atoms with Crippen molar-refractivity contribution in [3.63, 3.8) is 0 Å². The lowest BCUT2D eigenvalue weighted by molar-refractivity contribution is -0.120. The first kappa shape index (κ1) is 13.5. The van der Waals surface area contributed by atoms with E-state index in [-0.39, 0.29) is 18.2 Å². The van der Waals surface area contributed by atoms with Crippen molar-refractivity contribution in [3.05, 3.63) is 28.2 Å². The van der Waals surface area contributed by atoms with E-state index in [9.17, 15) is 9.59 Å². The molecule has 0 aliphatic heterocycles. The zero-order valence-electron chi connectivity index (χ0n) is 9.42. The van der Waals surface area contributed by atoms with Crippen LogP contribution < -0.4 is 16.4 Å². The number of rotatable bonds is 4. The molecule has 0 unspecified atom stereocenters. The number of carbonyl (C=O) groups is 2. The number of amides is 2. The average molecular weight is 300 g/mol. The van der Waals surface area contributed by atoms with Gasteiger partial charge in [-0.3, -0.25) is 9.59 Å². The molecule has 1 aromatic rings. The van der Waals surface area contributed by atoms with Crippen molar-refractivity contribution < 1.29 is 9.59 Å². The summed E-state index contributed by atoms with van der Waals surface area (Å²) in [6.45, 7) is 0.291. The van der Waals surface area contributed by atoms with Gasteiger partial charge in [-0.1, -0.05) is 0 Å². The largest absolute Gasteiger partial charge is 0.399 e. The summed E-state index contributed by atoms with van der Waals surface area (Å²) in [7, 11) is 1.55. The van der Waals surface area contributed by atoms with Crippen LogP contribution in [0.1, 0.15) is 16.8 Å². The summed E-state index contributed by atoms with van der Waals surface area (Å²) in [5.41, 5.74) is 6.58. The van der Waals surface area contributed by atoms with Crippen molar-refractivity contribution >= 4 is 33.4 Å². The summed E-state index contributed by atoms with van der Waals surface area (Å²) in [5.74, 6) is -0.370. The van der Waals surface area contributed by atoms with Crippen molar-refractivity contribution in [3.8, 4) is 0 Å². The van der Waals surface area contributed by atoms with Gasteiger partial charge < -0.3 is 16.4 Å². The summed E-state index contributed by atoms with van der Waals surface area (Å²) in [6.07, 6.45) is 0.252. The van der Waals surface area contributed by atoms with Crippen molar-refractivity contribution in [2.75, 3.05) is 19.3 Å². The Hall–Kier alpha value is -1.56. The molecule has 6 heteroatoms. The summed E-state index contributed by atoms with van der Waals surface area (Å²) < 4.78 is 0.671. The van der Waals surface area contributed by atoms with Gasteiger partial charge in [0.2, 0.25) is 5.91 Å². The van der Waals surface area contributed by atoms with Gasteiger partial charge in [0, 0.05) is 30.2 Å². The van der Waals surface area contributed by atoms with Gasteiger partial charge in [-0.15, -0.1) is 0 Å². The number of carbonyl (C=O) groups excluding carboxylic acids is 2. The minimum Gasteiger partial charge on any atom is -0.399 e. The Balaban J connectivity index is 2.58. The maximum atomic E-state index is 11.8. The van der Waals surface area contributed by atoms with Gasteiger partial charge in [0.1, 0.15) is 0 Å². The first-order chi connectivity index (χ1) is 8.04. The van der Waals surface area contributed by atoms with E-state index in [1.165, 1.54) is 0 Å². The first-order valence-corrected chi connectivity index (χ1v) is 5.87. The molecule has 0 bridgehead atoms. The summed E-state index contributed by atoms with van der Waals surface area (Å²) >= 11 is 3.27. The average Bonchev–Trinajstić information content (AvgIpc) is 2.31. The molecule has 0 aromatic heterocycles. The molecule has 0 heterocycles. The van der Waals surface area contributed by atoms with Crippen molar-refractivity contribution in [2.24, 2.45) is 0 Å². The Morgan fingerprint density at radius 1 is 1.41 bits per heavy atom. The van der Waals surface area contributed by atoms with Crippen LogP contribution in [-0.2, 0) is 4.79 Å². The SMILES string of the molecule is CNC(=O)CCNC(=O)c1cc(N)ccc1Br. The van der Waals surface area contributed by atoms with Gasteiger partial charge in [0.25, 0.3) is 5.91 Å². The zero-order valence-corrected chi connectivity index (χ0v) is 11.0. The molecular formula is C11H14BrN3O2. The maximum absolute atomic E-state index is 11.8. The van der Waals surface area contributed by atoms with Crippen LogP contribution in [0.5, 0.6) is 0 Å². The minimum atomic E-state index is -0.256. The highest BCUT2D eigenvalue weighted by atomic mass is 79.9. The molecule has 92 valence electrons. The number of halogens is 1. The van der Waals surface area contributed by atoms with Crippen LogP contribution in [0.25, 0.3) is 0 Å². The number of hydrogen-bond acceptors (Lipinski definition) is 3. The molecule has 5 nitrogen and oxygen atoms in total. The Bertz CT molecular complexity index is 435. The fourth-order valence-corrected chi connectivity index (χ4v) is 1.65. The van der Waals surface area contributed by atoms with E-state index in [0.29, 0.717) is 22.3 Å². The van der Waals surface area contributed by atoms with Gasteiger partial charge in [-0.25, -0.2) is 0 Å². The third-order valence-electron chi connectivity index (χ3n) is 2.15. The molecule has 0 fully saturated rings. The fourth-order valence-electron chi connectivity index (χ4n) is 1.23. The molecule has 2 amide bonds. The van der Waals surface area contributed by atoms with Crippen LogP contribution in [0.15, 0.2) is 22.7 Å². The van der Waals surface area contributed by atoms with Crippen LogP contribution in [0.2, 0.25) is 0 Å². The molecular weight excluding hydrogens is 286 g/mol. The molecule has 1 aromatic carbocycles. The minimum absolute atomic E-state index is 0.114. The highest BCUT2D eigenvalue weighted by Crippen LogP contribution is 2.19. The number of nitrogens with two attached hydrogens (primary N) is 1. The third-order valence-corrected chi connectivity index (χ3v) is 2.84. The molecule has 0 saturated carbocycles. The van der Waals surface area contributed by atoms with E-state index < -0.39 is 0 Å². The summed E-state index contributed by atoms with van der Waals surface area (Å²) in [6, 6.07) is 4.99. The highest BCUT2D eigenvalue weighted by molar-refractivity contribution is 9.10. The van der Waals surface area contributed by atoms with Gasteiger partial charge >= 0.3 is 0 Å². The predicted octanol–water partition coefficient (Wildman–Crippen LogP) is 0.897. The first-order valence-electron chi connectivity index (χ1n) is 5.08. The fraction of sp³-hybridized carbons (Fsp3) is 0.273. The van der Waals surface area contributed by atoms with Crippen LogP contribution in [-0.4, -0.2) is 25.4 Å². The van der Waals surface area contributed by atoms with E-state index in [0.717, 1.165) is 0 Å². The molecule has 0 aliphatic carbocycles. The Kier molecular flexibility index (Phi) is 4.96. The summed E-state index contributed by atoms with van der Waals surface area (Å²) in [5, 5.41) is 5.13. The van der Waals surface area contributed by atoms with E-state index in [1.54, 1.807) is 25.2 Å². The Morgan fingerprint density at radius 2 is 2.12 bits per heavy atom. The van der Waals surface area contributed by atoms with Crippen LogP contribution in [0, 0.1) is 0 Å². The van der Waals surface area contributed by atoms with Crippen LogP contribution in [0.3, 0.4) is 0 Å². The van der Waals surface area contributed by atoms with Gasteiger partial charge in [0.15, 0.2) is 0 Å². The van der Waals surface area contributed by atoms with Gasteiger partial charge in [0.05, 0.1) is 5.56 Å². The molecule has 0 radical (unpaired) electrons. The molecule has 17 heavy (non-hydrogen) atoms. The van der Waals surface area contributed by atoms with E-state index in [4.69, 9.17) is 5.73 Å². The maximum Gasteiger partial charge on any atom is 0.252 e. The number of benzene rings is 1. The van der Waals surface area contributed by atoms with E-state index in [1.807, 2.05) is 0 Å². The van der Waals surface area contributed by atoms with Crippen LogP contribution >= 0.6 is 15.9 Å². The smallest absolute Gasteiger partial charge is 0.252 e. The van der Waals surface area contributed by atoms with Crippen molar-refractivity contribution in [1.82, 2.24) is 10.6 Å². The lowest BCUT2D eigenvalue weighted by Gasteiger charge is -2.07. The number of nitrogens with one attached hydrogen (secondary N) is 2. The Morgan fingerprint density at radius 3 is 2.76 bits per heavy atom.